The number of rotatable bonds is 8. The summed E-state index contributed by atoms with van der Waals surface area (Å²) in [6, 6.07) is 24.8. The smallest absolute Gasteiger partial charge is 0.224 e. The maximum atomic E-state index is 12.0. The highest BCUT2D eigenvalue weighted by atomic mass is 16.5. The number of carbonyl (C=O) groups excluding carboxylic acids is 1. The molecule has 0 fully saturated rings. The van der Waals surface area contributed by atoms with Crippen LogP contribution in [0.4, 0.5) is 0 Å². The highest BCUT2D eigenvalue weighted by molar-refractivity contribution is 5.78. The Morgan fingerprint density at radius 1 is 0.852 bits per heavy atom. The number of phenols is 1. The molecule has 3 rings (SSSR count). The molecule has 138 valence electrons. The normalized spacial score (nSPS) is 10.4. The third-order valence-electron chi connectivity index (χ3n) is 4.20. The molecule has 27 heavy (non-hydrogen) atoms. The molecule has 4 heteroatoms. The number of ether oxygens (including phenoxy) is 1. The molecule has 0 saturated heterocycles. The highest BCUT2D eigenvalue weighted by Gasteiger charge is 2.06. The van der Waals surface area contributed by atoms with E-state index in [1.807, 2.05) is 66.7 Å². The summed E-state index contributed by atoms with van der Waals surface area (Å²) in [4.78, 5) is 12.0. The summed E-state index contributed by atoms with van der Waals surface area (Å²) in [5, 5.41) is 13.1. The first-order valence-corrected chi connectivity index (χ1v) is 9.00. The number of hydrogen-bond acceptors (Lipinski definition) is 3. The molecule has 0 radical (unpaired) electrons. The van der Waals surface area contributed by atoms with Crippen LogP contribution in [0, 0.1) is 0 Å². The molecule has 0 aliphatic rings. The van der Waals surface area contributed by atoms with E-state index in [2.05, 4.69) is 5.32 Å². The number of phenolic OH excluding ortho intramolecular Hbond substituents is 1. The quantitative estimate of drug-likeness (QED) is 0.640. The molecular formula is C23H23NO3. The minimum absolute atomic E-state index is 0.00626. The maximum Gasteiger partial charge on any atom is 0.224 e. The molecule has 3 aromatic rings. The van der Waals surface area contributed by atoms with Gasteiger partial charge >= 0.3 is 0 Å². The summed E-state index contributed by atoms with van der Waals surface area (Å²) in [6.07, 6.45) is 1.02. The molecule has 0 heterocycles. The van der Waals surface area contributed by atoms with E-state index in [0.717, 1.165) is 16.7 Å². The van der Waals surface area contributed by atoms with Gasteiger partial charge in [0.25, 0.3) is 0 Å². The van der Waals surface area contributed by atoms with Crippen molar-refractivity contribution in [2.45, 2.75) is 19.4 Å². The first kappa shape index (κ1) is 18.5. The second-order valence-corrected chi connectivity index (χ2v) is 6.34. The van der Waals surface area contributed by atoms with Crippen molar-refractivity contribution in [2.75, 3.05) is 6.54 Å². The monoisotopic (exact) mass is 361 g/mol. The van der Waals surface area contributed by atoms with E-state index in [1.165, 1.54) is 0 Å². The molecule has 0 aromatic heterocycles. The van der Waals surface area contributed by atoms with Crippen molar-refractivity contribution in [1.82, 2.24) is 5.32 Å². The fourth-order valence-corrected chi connectivity index (χ4v) is 2.77. The average molecular weight is 361 g/mol. The molecule has 0 aliphatic carbocycles. The lowest BCUT2D eigenvalue weighted by Gasteiger charge is -2.10. The molecule has 0 unspecified atom stereocenters. The Morgan fingerprint density at radius 2 is 1.52 bits per heavy atom. The predicted molar refractivity (Wildman–Crippen MR) is 106 cm³/mol. The topological polar surface area (TPSA) is 58.6 Å². The molecule has 0 bridgehead atoms. The van der Waals surface area contributed by atoms with Crippen LogP contribution in [0.5, 0.6) is 11.5 Å². The zero-order chi connectivity index (χ0) is 18.9. The molecule has 1 amide bonds. The van der Waals surface area contributed by atoms with E-state index in [-0.39, 0.29) is 11.7 Å². The maximum absolute atomic E-state index is 12.0. The van der Waals surface area contributed by atoms with Crippen LogP contribution in [0.1, 0.15) is 16.7 Å². The van der Waals surface area contributed by atoms with Crippen molar-refractivity contribution >= 4 is 5.91 Å². The molecule has 0 spiro atoms. The Morgan fingerprint density at radius 3 is 2.19 bits per heavy atom. The van der Waals surface area contributed by atoms with Gasteiger partial charge in [-0.25, -0.2) is 0 Å². The summed E-state index contributed by atoms with van der Waals surface area (Å²) in [6.45, 7) is 0.929. The summed E-state index contributed by atoms with van der Waals surface area (Å²) in [5.41, 5.74) is 2.98. The number of benzene rings is 3. The van der Waals surface area contributed by atoms with E-state index in [1.54, 1.807) is 12.1 Å². The van der Waals surface area contributed by atoms with Crippen molar-refractivity contribution in [3.63, 3.8) is 0 Å². The standard InChI is InChI=1S/C23H23NO3/c25-21-15-19(11-12-22(21)27-17-20-9-5-2-6-10-20)13-14-24-23(26)16-18-7-3-1-4-8-18/h1-12,15,25H,13-14,16-17H2,(H,24,26). The summed E-state index contributed by atoms with van der Waals surface area (Å²) in [5.74, 6) is 0.558. The Kier molecular flexibility index (Phi) is 6.47. The molecule has 4 nitrogen and oxygen atoms in total. The Bertz CT molecular complexity index is 863. The van der Waals surface area contributed by atoms with Gasteiger partial charge in [-0.15, -0.1) is 0 Å². The van der Waals surface area contributed by atoms with Crippen LogP contribution in [0.2, 0.25) is 0 Å². The minimum atomic E-state index is -0.00626. The van der Waals surface area contributed by atoms with Crippen LogP contribution >= 0.6 is 0 Å². The van der Waals surface area contributed by atoms with Gasteiger partial charge in [-0.2, -0.15) is 0 Å². The second-order valence-electron chi connectivity index (χ2n) is 6.34. The zero-order valence-electron chi connectivity index (χ0n) is 15.1. The number of amides is 1. The summed E-state index contributed by atoms with van der Waals surface area (Å²) >= 11 is 0. The Labute approximate surface area is 159 Å². The van der Waals surface area contributed by atoms with Gasteiger partial charge < -0.3 is 15.2 Å². The highest BCUT2D eigenvalue weighted by Crippen LogP contribution is 2.27. The predicted octanol–water partition coefficient (Wildman–Crippen LogP) is 3.87. The lowest BCUT2D eigenvalue weighted by molar-refractivity contribution is -0.120. The van der Waals surface area contributed by atoms with Gasteiger partial charge in [-0.1, -0.05) is 66.7 Å². The molecular weight excluding hydrogens is 338 g/mol. The van der Waals surface area contributed by atoms with Crippen molar-refractivity contribution in [3.05, 3.63) is 95.6 Å². The molecule has 3 aromatic carbocycles. The van der Waals surface area contributed by atoms with Gasteiger partial charge in [0.05, 0.1) is 6.42 Å². The number of nitrogens with one attached hydrogen (secondary N) is 1. The van der Waals surface area contributed by atoms with Gasteiger partial charge in [0.15, 0.2) is 11.5 Å². The van der Waals surface area contributed by atoms with Gasteiger partial charge in [0, 0.05) is 6.54 Å². The van der Waals surface area contributed by atoms with E-state index in [9.17, 15) is 9.90 Å². The van der Waals surface area contributed by atoms with Gasteiger partial charge in [-0.3, -0.25) is 4.79 Å². The van der Waals surface area contributed by atoms with Crippen LogP contribution in [-0.2, 0) is 24.2 Å². The van der Waals surface area contributed by atoms with E-state index >= 15 is 0 Å². The second kappa shape index (κ2) is 9.43. The van der Waals surface area contributed by atoms with Crippen molar-refractivity contribution in [1.29, 1.82) is 0 Å². The third kappa shape index (κ3) is 5.89. The Hall–Kier alpha value is -3.27. The minimum Gasteiger partial charge on any atom is -0.504 e. The van der Waals surface area contributed by atoms with Crippen molar-refractivity contribution < 1.29 is 14.6 Å². The summed E-state index contributed by atoms with van der Waals surface area (Å²) < 4.78 is 5.67. The van der Waals surface area contributed by atoms with Crippen molar-refractivity contribution in [2.24, 2.45) is 0 Å². The SMILES string of the molecule is O=C(Cc1ccccc1)NCCc1ccc(OCc2ccccc2)c(O)c1. The number of hydrogen-bond donors (Lipinski definition) is 2. The van der Waals surface area contributed by atoms with Gasteiger partial charge in [0.2, 0.25) is 5.91 Å². The van der Waals surface area contributed by atoms with Gasteiger partial charge in [0.1, 0.15) is 6.61 Å². The van der Waals surface area contributed by atoms with E-state index in [4.69, 9.17) is 4.74 Å². The largest absolute Gasteiger partial charge is 0.504 e. The zero-order valence-corrected chi connectivity index (χ0v) is 15.1. The molecule has 0 saturated carbocycles. The number of aromatic hydroxyl groups is 1. The number of carbonyl (C=O) groups is 1. The molecule has 0 atom stereocenters. The lowest BCUT2D eigenvalue weighted by atomic mass is 10.1. The third-order valence-corrected chi connectivity index (χ3v) is 4.20. The van der Waals surface area contributed by atoms with Crippen LogP contribution in [0.3, 0.4) is 0 Å². The van der Waals surface area contributed by atoms with Gasteiger partial charge in [-0.05, 0) is 35.2 Å². The van der Waals surface area contributed by atoms with E-state index < -0.39 is 0 Å². The fraction of sp³-hybridized carbons (Fsp3) is 0.174. The molecule has 2 N–H and O–H groups in total. The average Bonchev–Trinajstić information content (AvgIpc) is 2.69. The van der Waals surface area contributed by atoms with E-state index in [0.29, 0.717) is 31.7 Å². The van der Waals surface area contributed by atoms with Crippen LogP contribution in [0.15, 0.2) is 78.9 Å². The molecule has 0 aliphatic heterocycles. The lowest BCUT2D eigenvalue weighted by Crippen LogP contribution is -2.27. The fourth-order valence-electron chi connectivity index (χ4n) is 2.77. The van der Waals surface area contributed by atoms with Crippen LogP contribution in [0.25, 0.3) is 0 Å². The van der Waals surface area contributed by atoms with Crippen LogP contribution in [-0.4, -0.2) is 17.6 Å². The van der Waals surface area contributed by atoms with Crippen LogP contribution < -0.4 is 10.1 Å². The van der Waals surface area contributed by atoms with Crippen molar-refractivity contribution in [3.8, 4) is 11.5 Å². The first-order valence-electron chi connectivity index (χ1n) is 9.00. The Balaban J connectivity index is 1.45. The first-order chi connectivity index (χ1) is 13.2. The summed E-state index contributed by atoms with van der Waals surface area (Å²) in [7, 11) is 0.